The molecule has 1 aromatic carbocycles. The Morgan fingerprint density at radius 1 is 1.29 bits per heavy atom. The molecule has 0 aliphatic carbocycles. The molecule has 0 unspecified atom stereocenters. The van der Waals surface area contributed by atoms with Crippen molar-refractivity contribution in [3.63, 3.8) is 0 Å². The molecule has 0 fully saturated rings. The van der Waals surface area contributed by atoms with Crippen LogP contribution in [-0.2, 0) is 0 Å². The van der Waals surface area contributed by atoms with Crippen LogP contribution in [0.3, 0.4) is 0 Å². The number of anilines is 1. The number of aromatic carboxylic acids is 1. The predicted molar refractivity (Wildman–Crippen MR) is 83.0 cm³/mol. The zero-order valence-electron chi connectivity index (χ0n) is 10.9. The van der Waals surface area contributed by atoms with Crippen LogP contribution in [0.1, 0.15) is 26.5 Å². The lowest BCUT2D eigenvalue weighted by Crippen LogP contribution is -2.15. The summed E-state index contributed by atoms with van der Waals surface area (Å²) in [6.45, 7) is 1.54. The second-order valence-corrected chi connectivity index (χ2v) is 5.50. The van der Waals surface area contributed by atoms with Gasteiger partial charge in [0.2, 0.25) is 0 Å². The normalized spacial score (nSPS) is 10.2. The summed E-state index contributed by atoms with van der Waals surface area (Å²) in [6.07, 6.45) is 0. The van der Waals surface area contributed by atoms with Crippen LogP contribution in [0.15, 0.2) is 34.8 Å². The van der Waals surface area contributed by atoms with Crippen molar-refractivity contribution in [3.8, 4) is 0 Å². The van der Waals surface area contributed by atoms with Crippen molar-refractivity contribution in [2.75, 3.05) is 5.32 Å². The van der Waals surface area contributed by atoms with Gasteiger partial charge in [0.15, 0.2) is 0 Å². The first kappa shape index (κ1) is 15.5. The first-order valence-corrected chi connectivity index (χ1v) is 7.03. The van der Waals surface area contributed by atoms with E-state index >= 15 is 0 Å². The number of halogens is 2. The maximum absolute atomic E-state index is 12.1. The van der Waals surface area contributed by atoms with Crippen LogP contribution in [-0.4, -0.2) is 22.0 Å². The Morgan fingerprint density at radius 3 is 2.62 bits per heavy atom. The predicted octanol–water partition coefficient (Wildman–Crippen LogP) is 3.76. The Labute approximate surface area is 134 Å². The molecule has 0 aliphatic heterocycles. The van der Waals surface area contributed by atoms with Gasteiger partial charge in [-0.1, -0.05) is 11.6 Å². The topological polar surface area (TPSA) is 79.3 Å². The molecule has 1 aromatic heterocycles. The van der Waals surface area contributed by atoms with Gasteiger partial charge in [0.25, 0.3) is 5.91 Å². The van der Waals surface area contributed by atoms with Crippen LogP contribution in [0.4, 0.5) is 5.69 Å². The zero-order valence-corrected chi connectivity index (χ0v) is 13.2. The number of pyridine rings is 1. The summed E-state index contributed by atoms with van der Waals surface area (Å²) in [4.78, 5) is 27.0. The summed E-state index contributed by atoms with van der Waals surface area (Å²) in [5.74, 6) is -1.53. The highest BCUT2D eigenvalue weighted by molar-refractivity contribution is 9.10. The summed E-state index contributed by atoms with van der Waals surface area (Å²) in [5.41, 5.74) is 0.981. The molecule has 0 spiro atoms. The van der Waals surface area contributed by atoms with Gasteiger partial charge in [0, 0.05) is 9.50 Å². The smallest absolute Gasteiger partial charge is 0.337 e. The van der Waals surface area contributed by atoms with E-state index in [2.05, 4.69) is 26.2 Å². The second kappa shape index (κ2) is 6.24. The molecule has 5 nitrogen and oxygen atoms in total. The summed E-state index contributed by atoms with van der Waals surface area (Å²) < 4.78 is 0.680. The highest BCUT2D eigenvalue weighted by Crippen LogP contribution is 2.26. The van der Waals surface area contributed by atoms with Crippen LogP contribution >= 0.6 is 27.5 Å². The van der Waals surface area contributed by atoms with E-state index in [-0.39, 0.29) is 17.0 Å². The van der Waals surface area contributed by atoms with Gasteiger partial charge in [-0.15, -0.1) is 0 Å². The Hall–Kier alpha value is -1.92. The molecule has 1 amide bonds. The number of aromatic nitrogens is 1. The van der Waals surface area contributed by atoms with Crippen LogP contribution in [0, 0.1) is 6.92 Å². The molecule has 0 atom stereocenters. The molecule has 0 radical (unpaired) electrons. The van der Waals surface area contributed by atoms with Crippen LogP contribution < -0.4 is 5.32 Å². The van der Waals surface area contributed by atoms with Gasteiger partial charge in [-0.2, -0.15) is 0 Å². The number of hydrogen-bond donors (Lipinski definition) is 2. The molecule has 7 heteroatoms. The van der Waals surface area contributed by atoms with E-state index in [0.717, 1.165) is 0 Å². The minimum atomic E-state index is -1.08. The van der Waals surface area contributed by atoms with Gasteiger partial charge in [-0.25, -0.2) is 9.78 Å². The fourth-order valence-corrected chi connectivity index (χ4v) is 2.21. The second-order valence-electron chi connectivity index (χ2n) is 4.21. The Kier molecular flexibility index (Phi) is 4.59. The maximum atomic E-state index is 12.1. The Balaban J connectivity index is 2.26. The van der Waals surface area contributed by atoms with Crippen molar-refractivity contribution in [2.24, 2.45) is 0 Å². The average molecular weight is 370 g/mol. The molecule has 0 bridgehead atoms. The molecular formula is C14H10BrClN2O3. The largest absolute Gasteiger partial charge is 0.478 e. The number of aryl methyl sites for hydroxylation is 1. The minimum absolute atomic E-state index is 0.0653. The van der Waals surface area contributed by atoms with E-state index in [9.17, 15) is 9.59 Å². The molecule has 2 aromatic rings. The van der Waals surface area contributed by atoms with Crippen LogP contribution in [0.5, 0.6) is 0 Å². The number of benzene rings is 1. The minimum Gasteiger partial charge on any atom is -0.478 e. The van der Waals surface area contributed by atoms with Crippen molar-refractivity contribution in [3.05, 3.63) is 56.8 Å². The highest BCUT2D eigenvalue weighted by Gasteiger charge is 2.14. The molecule has 0 aliphatic rings. The number of carboxylic acid groups (broad SMARTS) is 1. The number of amides is 1. The molecule has 0 saturated heterocycles. The number of nitrogens with zero attached hydrogens (tertiary/aromatic N) is 1. The lowest BCUT2D eigenvalue weighted by Gasteiger charge is -2.08. The molecule has 2 N–H and O–H groups in total. The quantitative estimate of drug-likeness (QED) is 0.863. The van der Waals surface area contributed by atoms with E-state index < -0.39 is 11.9 Å². The zero-order chi connectivity index (χ0) is 15.6. The number of hydrogen-bond acceptors (Lipinski definition) is 3. The standard InChI is InChI=1S/C14H10BrClN2O3/c1-7-9(14(20)21)3-5-11(17-7)13(19)18-12-6-8(16)2-4-10(12)15/h2-6H,1H3,(H,18,19)(H,20,21). The lowest BCUT2D eigenvalue weighted by molar-refractivity contribution is 0.0695. The SMILES string of the molecule is Cc1nc(C(=O)Nc2cc(Cl)ccc2Br)ccc1C(=O)O. The number of carbonyl (C=O) groups is 2. The van der Waals surface area contributed by atoms with Crippen molar-refractivity contribution < 1.29 is 14.7 Å². The number of nitrogens with one attached hydrogen (secondary N) is 1. The fourth-order valence-electron chi connectivity index (χ4n) is 1.69. The monoisotopic (exact) mass is 368 g/mol. The van der Waals surface area contributed by atoms with Crippen molar-refractivity contribution in [1.82, 2.24) is 4.98 Å². The fraction of sp³-hybridized carbons (Fsp3) is 0.0714. The Bertz CT molecular complexity index is 734. The van der Waals surface area contributed by atoms with Gasteiger partial charge in [-0.05, 0) is 53.2 Å². The van der Waals surface area contributed by atoms with Gasteiger partial charge in [0.1, 0.15) is 5.69 Å². The molecular weight excluding hydrogens is 360 g/mol. The van der Waals surface area contributed by atoms with Crippen molar-refractivity contribution in [2.45, 2.75) is 6.92 Å². The van der Waals surface area contributed by atoms with Crippen LogP contribution in [0.2, 0.25) is 5.02 Å². The molecule has 108 valence electrons. The summed E-state index contributed by atoms with van der Waals surface area (Å²) in [6, 6.07) is 7.72. The number of carbonyl (C=O) groups excluding carboxylic acids is 1. The van der Waals surface area contributed by atoms with Gasteiger partial charge in [0.05, 0.1) is 16.9 Å². The number of carboxylic acids is 1. The van der Waals surface area contributed by atoms with E-state index in [1.54, 1.807) is 18.2 Å². The molecule has 1 heterocycles. The summed E-state index contributed by atoms with van der Waals surface area (Å²) in [5, 5.41) is 12.1. The Morgan fingerprint density at radius 2 is 2.00 bits per heavy atom. The van der Waals surface area contributed by atoms with Crippen molar-refractivity contribution >= 4 is 45.1 Å². The van der Waals surface area contributed by atoms with E-state index in [4.69, 9.17) is 16.7 Å². The average Bonchev–Trinajstić information content (AvgIpc) is 2.42. The lowest BCUT2D eigenvalue weighted by atomic mass is 10.2. The molecule has 0 saturated carbocycles. The van der Waals surface area contributed by atoms with Crippen molar-refractivity contribution in [1.29, 1.82) is 0 Å². The third-order valence-corrected chi connectivity index (χ3v) is 3.65. The molecule has 21 heavy (non-hydrogen) atoms. The van der Waals surface area contributed by atoms with Crippen LogP contribution in [0.25, 0.3) is 0 Å². The van der Waals surface area contributed by atoms with Gasteiger partial charge < -0.3 is 10.4 Å². The van der Waals surface area contributed by atoms with E-state index in [1.165, 1.54) is 19.1 Å². The van der Waals surface area contributed by atoms with Gasteiger partial charge >= 0.3 is 5.97 Å². The first-order chi connectivity index (χ1) is 9.88. The highest BCUT2D eigenvalue weighted by atomic mass is 79.9. The number of rotatable bonds is 3. The van der Waals surface area contributed by atoms with E-state index in [0.29, 0.717) is 15.2 Å². The molecule has 2 rings (SSSR count). The first-order valence-electron chi connectivity index (χ1n) is 5.86. The third kappa shape index (κ3) is 3.59. The third-order valence-electron chi connectivity index (χ3n) is 2.73. The van der Waals surface area contributed by atoms with Gasteiger partial charge in [-0.3, -0.25) is 4.79 Å². The maximum Gasteiger partial charge on any atom is 0.337 e. The summed E-state index contributed by atoms with van der Waals surface area (Å²) >= 11 is 9.18. The van der Waals surface area contributed by atoms with E-state index in [1.807, 2.05) is 0 Å². The summed E-state index contributed by atoms with van der Waals surface area (Å²) in [7, 11) is 0.